The van der Waals surface area contributed by atoms with Gasteiger partial charge >= 0.3 is 0 Å². The van der Waals surface area contributed by atoms with Crippen molar-refractivity contribution in [2.45, 2.75) is 13.0 Å². The third-order valence-corrected chi connectivity index (χ3v) is 3.43. The number of nitrogens with zero attached hydrogens (tertiary/aromatic N) is 2. The van der Waals surface area contributed by atoms with Crippen molar-refractivity contribution >= 4 is 0 Å². The van der Waals surface area contributed by atoms with Crippen LogP contribution in [0.2, 0.25) is 0 Å². The molecule has 1 atom stereocenters. The maximum absolute atomic E-state index is 5.48. The topological polar surface area (TPSA) is 48.3 Å². The van der Waals surface area contributed by atoms with Gasteiger partial charge in [0.05, 0.1) is 26.5 Å². The highest BCUT2D eigenvalue weighted by Crippen LogP contribution is 2.34. The fraction of sp³-hybridized carbons (Fsp3) is 0.400. The quantitative estimate of drug-likeness (QED) is 0.907. The predicted molar refractivity (Wildman–Crippen MR) is 78.4 cm³/mol. The van der Waals surface area contributed by atoms with E-state index >= 15 is 0 Å². The highest BCUT2D eigenvalue weighted by molar-refractivity contribution is 5.45. The molecule has 0 aliphatic rings. The summed E-state index contributed by atoms with van der Waals surface area (Å²) in [6, 6.07) is 6.09. The third kappa shape index (κ3) is 2.49. The van der Waals surface area contributed by atoms with Crippen LogP contribution in [-0.4, -0.2) is 31.0 Å². The van der Waals surface area contributed by atoms with Gasteiger partial charge in [-0.2, -0.15) is 5.10 Å². The molecule has 0 aliphatic carbocycles. The number of hydrogen-bond donors (Lipinski definition) is 1. The van der Waals surface area contributed by atoms with Crippen LogP contribution in [0.3, 0.4) is 0 Å². The Morgan fingerprint density at radius 3 is 2.50 bits per heavy atom. The number of ether oxygens (including phenoxy) is 2. The van der Waals surface area contributed by atoms with Gasteiger partial charge in [0.1, 0.15) is 11.4 Å². The number of methoxy groups -OCH3 is 2. The van der Waals surface area contributed by atoms with E-state index in [0.29, 0.717) is 0 Å². The van der Waals surface area contributed by atoms with Crippen molar-refractivity contribution in [3.05, 3.63) is 41.2 Å². The van der Waals surface area contributed by atoms with E-state index in [0.717, 1.165) is 22.8 Å². The zero-order valence-electron chi connectivity index (χ0n) is 12.6. The lowest BCUT2D eigenvalue weighted by molar-refractivity contribution is 0.392. The van der Waals surface area contributed by atoms with Crippen molar-refractivity contribution in [2.75, 3.05) is 21.3 Å². The number of aryl methyl sites for hydroxylation is 2. The Morgan fingerprint density at radius 2 is 1.90 bits per heavy atom. The first-order chi connectivity index (χ1) is 9.62. The summed E-state index contributed by atoms with van der Waals surface area (Å²) in [4.78, 5) is 0. The number of rotatable bonds is 5. The van der Waals surface area contributed by atoms with Crippen LogP contribution in [0.5, 0.6) is 11.5 Å². The number of aromatic nitrogens is 2. The second-order valence-corrected chi connectivity index (χ2v) is 4.69. The summed E-state index contributed by atoms with van der Waals surface area (Å²) in [6.45, 7) is 2.07. The van der Waals surface area contributed by atoms with E-state index in [1.54, 1.807) is 20.4 Å². The van der Waals surface area contributed by atoms with Gasteiger partial charge in [0.25, 0.3) is 0 Å². The minimum absolute atomic E-state index is 0.0488. The van der Waals surface area contributed by atoms with Gasteiger partial charge in [-0.05, 0) is 20.0 Å². The van der Waals surface area contributed by atoms with Crippen LogP contribution in [0.15, 0.2) is 24.4 Å². The Bertz CT molecular complexity index is 593. The van der Waals surface area contributed by atoms with E-state index in [9.17, 15) is 0 Å². The molecule has 0 amide bonds. The first-order valence-corrected chi connectivity index (χ1v) is 6.50. The van der Waals surface area contributed by atoms with E-state index in [2.05, 4.69) is 23.4 Å². The van der Waals surface area contributed by atoms with Gasteiger partial charge < -0.3 is 14.8 Å². The maximum Gasteiger partial charge on any atom is 0.161 e. The second-order valence-electron chi connectivity index (χ2n) is 4.69. The summed E-state index contributed by atoms with van der Waals surface area (Å²) in [5.74, 6) is 1.61. The van der Waals surface area contributed by atoms with Crippen LogP contribution < -0.4 is 14.8 Å². The highest BCUT2D eigenvalue weighted by Gasteiger charge is 2.24. The summed E-state index contributed by atoms with van der Waals surface area (Å²) in [6.07, 6.45) is 1.72. The largest absolute Gasteiger partial charge is 0.496 e. The molecule has 0 saturated carbocycles. The lowest BCUT2D eigenvalue weighted by atomic mass is 10.00. The molecule has 108 valence electrons. The van der Waals surface area contributed by atoms with Gasteiger partial charge in [0.15, 0.2) is 5.75 Å². The van der Waals surface area contributed by atoms with Crippen LogP contribution in [0.1, 0.15) is 22.9 Å². The molecular formula is C15H21N3O2. The van der Waals surface area contributed by atoms with Crippen molar-refractivity contribution in [1.82, 2.24) is 15.1 Å². The molecule has 5 heteroatoms. The Hall–Kier alpha value is -2.01. The van der Waals surface area contributed by atoms with Gasteiger partial charge in [0, 0.05) is 12.6 Å². The first kappa shape index (κ1) is 14.4. The third-order valence-electron chi connectivity index (χ3n) is 3.43. The second kappa shape index (κ2) is 5.96. The molecule has 5 nitrogen and oxygen atoms in total. The molecule has 0 fully saturated rings. The van der Waals surface area contributed by atoms with Crippen LogP contribution in [0, 0.1) is 6.92 Å². The summed E-state index contributed by atoms with van der Waals surface area (Å²) < 4.78 is 12.7. The van der Waals surface area contributed by atoms with Crippen molar-refractivity contribution < 1.29 is 9.47 Å². The Labute approximate surface area is 119 Å². The van der Waals surface area contributed by atoms with E-state index in [1.165, 1.54) is 5.56 Å². The number of benzene rings is 1. The Kier molecular flexibility index (Phi) is 4.29. The van der Waals surface area contributed by atoms with Crippen molar-refractivity contribution in [3.8, 4) is 11.5 Å². The minimum Gasteiger partial charge on any atom is -0.496 e. The van der Waals surface area contributed by atoms with E-state index < -0.39 is 0 Å². The van der Waals surface area contributed by atoms with Gasteiger partial charge in [-0.25, -0.2) is 0 Å². The minimum atomic E-state index is -0.0488. The van der Waals surface area contributed by atoms with E-state index in [1.807, 2.05) is 30.9 Å². The molecule has 1 unspecified atom stereocenters. The molecule has 1 aromatic heterocycles. The standard InChI is InChI=1S/C15H21N3O2/c1-10-6-7-12(19-4)11(8-10)14(16-2)15-13(20-5)9-17-18(15)3/h6-9,14,16H,1-5H3. The lowest BCUT2D eigenvalue weighted by Gasteiger charge is -2.21. The fourth-order valence-electron chi connectivity index (χ4n) is 2.43. The molecule has 0 spiro atoms. The van der Waals surface area contributed by atoms with E-state index in [4.69, 9.17) is 9.47 Å². The molecule has 0 aliphatic heterocycles. The molecule has 2 rings (SSSR count). The van der Waals surface area contributed by atoms with Crippen LogP contribution in [0.4, 0.5) is 0 Å². The number of nitrogens with one attached hydrogen (secondary N) is 1. The zero-order chi connectivity index (χ0) is 14.7. The highest BCUT2D eigenvalue weighted by atomic mass is 16.5. The number of hydrogen-bond acceptors (Lipinski definition) is 4. The molecule has 0 saturated heterocycles. The van der Waals surface area contributed by atoms with Crippen LogP contribution in [-0.2, 0) is 7.05 Å². The average Bonchev–Trinajstić information content (AvgIpc) is 2.82. The SMILES string of the molecule is CNC(c1cc(C)ccc1OC)c1c(OC)cnn1C. The normalized spacial score (nSPS) is 12.2. The van der Waals surface area contributed by atoms with Gasteiger partial charge in [-0.15, -0.1) is 0 Å². The lowest BCUT2D eigenvalue weighted by Crippen LogP contribution is -2.22. The molecule has 1 heterocycles. The van der Waals surface area contributed by atoms with Crippen LogP contribution in [0.25, 0.3) is 0 Å². The van der Waals surface area contributed by atoms with Crippen molar-refractivity contribution in [3.63, 3.8) is 0 Å². The molecule has 0 radical (unpaired) electrons. The summed E-state index contributed by atoms with van der Waals surface area (Å²) in [5, 5.41) is 7.59. The zero-order valence-corrected chi connectivity index (χ0v) is 12.6. The average molecular weight is 275 g/mol. The molecular weight excluding hydrogens is 254 g/mol. The molecule has 2 aromatic rings. The molecule has 1 N–H and O–H groups in total. The summed E-state index contributed by atoms with van der Waals surface area (Å²) >= 11 is 0. The Balaban J connectivity index is 2.57. The van der Waals surface area contributed by atoms with Gasteiger partial charge in [-0.1, -0.05) is 17.7 Å². The fourth-order valence-corrected chi connectivity index (χ4v) is 2.43. The smallest absolute Gasteiger partial charge is 0.161 e. The van der Waals surface area contributed by atoms with E-state index in [-0.39, 0.29) is 6.04 Å². The first-order valence-electron chi connectivity index (χ1n) is 6.50. The molecule has 1 aromatic carbocycles. The predicted octanol–water partition coefficient (Wildman–Crippen LogP) is 2.05. The van der Waals surface area contributed by atoms with Gasteiger partial charge in [0.2, 0.25) is 0 Å². The van der Waals surface area contributed by atoms with Crippen molar-refractivity contribution in [1.29, 1.82) is 0 Å². The summed E-state index contributed by atoms with van der Waals surface area (Å²) in [5.41, 5.74) is 3.22. The van der Waals surface area contributed by atoms with Gasteiger partial charge in [-0.3, -0.25) is 4.68 Å². The van der Waals surface area contributed by atoms with Crippen LogP contribution >= 0.6 is 0 Å². The van der Waals surface area contributed by atoms with Crippen molar-refractivity contribution in [2.24, 2.45) is 7.05 Å². The Morgan fingerprint density at radius 1 is 1.20 bits per heavy atom. The summed E-state index contributed by atoms with van der Waals surface area (Å²) in [7, 11) is 7.16. The monoisotopic (exact) mass is 275 g/mol. The maximum atomic E-state index is 5.48. The molecule has 0 bridgehead atoms. The molecule has 20 heavy (non-hydrogen) atoms.